The molecule has 0 radical (unpaired) electrons. The van der Waals surface area contributed by atoms with Crippen LogP contribution in [0, 0.1) is 10.1 Å². The van der Waals surface area contributed by atoms with Crippen LogP contribution in [-0.4, -0.2) is 47.5 Å². The van der Waals surface area contributed by atoms with Crippen molar-refractivity contribution in [2.45, 2.75) is 11.8 Å². The first kappa shape index (κ1) is 22.7. The summed E-state index contributed by atoms with van der Waals surface area (Å²) in [5.41, 5.74) is -0.114. The highest BCUT2D eigenvalue weighted by Gasteiger charge is 2.22. The molecule has 0 spiro atoms. The largest absolute Gasteiger partial charge is 0.497 e. The van der Waals surface area contributed by atoms with Crippen LogP contribution in [0.25, 0.3) is 0 Å². The molecule has 0 atom stereocenters. The van der Waals surface area contributed by atoms with Crippen molar-refractivity contribution in [2.24, 2.45) is 5.10 Å². The molecule has 0 aliphatic carbocycles. The maximum Gasteiger partial charge on any atom is 0.315 e. The maximum atomic E-state index is 12.6. The summed E-state index contributed by atoms with van der Waals surface area (Å²) in [6.07, 6.45) is 1.11. The van der Waals surface area contributed by atoms with Gasteiger partial charge in [-0.25, -0.2) is 0 Å². The number of rotatable bonds is 10. The second kappa shape index (κ2) is 9.78. The van der Waals surface area contributed by atoms with Gasteiger partial charge in [-0.2, -0.15) is 18.4 Å². The molecular weight excluding hydrogens is 418 g/mol. The normalized spacial score (nSPS) is 11.2. The molecule has 0 aliphatic rings. The molecule has 2 rings (SSSR count). The van der Waals surface area contributed by atoms with Gasteiger partial charge in [-0.1, -0.05) is 0 Å². The summed E-state index contributed by atoms with van der Waals surface area (Å²) in [6.45, 7) is 1.88. The quantitative estimate of drug-likeness (QED) is 0.338. The van der Waals surface area contributed by atoms with Gasteiger partial charge < -0.3 is 18.9 Å². The van der Waals surface area contributed by atoms with Crippen molar-refractivity contribution in [2.75, 3.05) is 27.9 Å². The van der Waals surface area contributed by atoms with Crippen LogP contribution in [0.5, 0.6) is 23.0 Å². The Morgan fingerprint density at radius 1 is 1.10 bits per heavy atom. The lowest BCUT2D eigenvalue weighted by molar-refractivity contribution is -0.385. The number of methoxy groups -OCH3 is 3. The van der Waals surface area contributed by atoms with Gasteiger partial charge in [0.05, 0.1) is 39.1 Å². The molecule has 0 bridgehead atoms. The molecule has 2 aromatic carbocycles. The number of sulfonamides is 1. The molecule has 0 amide bonds. The number of hydrazone groups is 1. The zero-order chi connectivity index (χ0) is 22.3. The molecule has 11 nitrogen and oxygen atoms in total. The molecule has 0 saturated carbocycles. The topological polar surface area (TPSA) is 139 Å². The molecule has 1 N–H and O–H groups in total. The van der Waals surface area contributed by atoms with Crippen molar-refractivity contribution < 1.29 is 32.3 Å². The maximum absolute atomic E-state index is 12.6. The summed E-state index contributed by atoms with van der Waals surface area (Å²) < 4.78 is 45.7. The summed E-state index contributed by atoms with van der Waals surface area (Å²) >= 11 is 0. The van der Waals surface area contributed by atoms with E-state index in [-0.39, 0.29) is 40.0 Å². The molecule has 0 unspecified atom stereocenters. The predicted octanol–water partition coefficient (Wildman–Crippen LogP) is 2.33. The lowest BCUT2D eigenvalue weighted by Gasteiger charge is -2.11. The van der Waals surface area contributed by atoms with Crippen LogP contribution in [0.1, 0.15) is 12.5 Å². The van der Waals surface area contributed by atoms with Crippen LogP contribution < -0.4 is 23.8 Å². The van der Waals surface area contributed by atoms with E-state index in [0.29, 0.717) is 5.75 Å². The van der Waals surface area contributed by atoms with E-state index >= 15 is 0 Å². The smallest absolute Gasteiger partial charge is 0.315 e. The van der Waals surface area contributed by atoms with E-state index in [4.69, 9.17) is 18.9 Å². The molecule has 0 fully saturated rings. The Morgan fingerprint density at radius 3 is 2.37 bits per heavy atom. The highest BCUT2D eigenvalue weighted by Crippen LogP contribution is 2.38. The monoisotopic (exact) mass is 439 g/mol. The summed E-state index contributed by atoms with van der Waals surface area (Å²) in [4.78, 5) is 12.6. The summed E-state index contributed by atoms with van der Waals surface area (Å²) in [5.74, 6) is 0.498. The third-order valence-electron chi connectivity index (χ3n) is 3.81. The Balaban J connectivity index is 2.36. The van der Waals surface area contributed by atoms with Crippen molar-refractivity contribution in [1.29, 1.82) is 0 Å². The molecule has 0 heterocycles. The Morgan fingerprint density at radius 2 is 1.80 bits per heavy atom. The van der Waals surface area contributed by atoms with Gasteiger partial charge in [0, 0.05) is 17.7 Å². The second-order valence-electron chi connectivity index (χ2n) is 5.63. The van der Waals surface area contributed by atoms with E-state index in [2.05, 4.69) is 5.10 Å². The van der Waals surface area contributed by atoms with Crippen molar-refractivity contribution >= 4 is 21.9 Å². The second-order valence-corrected chi connectivity index (χ2v) is 7.26. The Hall–Kier alpha value is -3.54. The summed E-state index contributed by atoms with van der Waals surface area (Å²) in [6, 6.07) is 6.89. The fourth-order valence-corrected chi connectivity index (χ4v) is 3.45. The number of benzene rings is 2. The average molecular weight is 439 g/mol. The van der Waals surface area contributed by atoms with Crippen LogP contribution in [-0.2, 0) is 10.0 Å². The van der Waals surface area contributed by atoms with Gasteiger partial charge in [-0.15, -0.1) is 0 Å². The minimum atomic E-state index is -4.11. The fraction of sp³-hybridized carbons (Fsp3) is 0.278. The summed E-state index contributed by atoms with van der Waals surface area (Å²) in [7, 11) is -0.0462. The SMILES string of the molecule is CCOc1c(OC)cc(/C=N/NS(=O)(=O)c2cc(OC)ccc2OC)cc1[N+](=O)[O-]. The molecule has 30 heavy (non-hydrogen) atoms. The van der Waals surface area contributed by atoms with E-state index < -0.39 is 14.9 Å². The van der Waals surface area contributed by atoms with Gasteiger partial charge in [0.15, 0.2) is 5.75 Å². The van der Waals surface area contributed by atoms with Gasteiger partial charge in [-0.3, -0.25) is 10.1 Å². The third-order valence-corrected chi connectivity index (χ3v) is 5.05. The van der Waals surface area contributed by atoms with Gasteiger partial charge in [0.25, 0.3) is 10.0 Å². The van der Waals surface area contributed by atoms with E-state index in [0.717, 1.165) is 6.21 Å². The highest BCUT2D eigenvalue weighted by atomic mass is 32.2. The fourth-order valence-electron chi connectivity index (χ4n) is 2.47. The van der Waals surface area contributed by atoms with Crippen LogP contribution >= 0.6 is 0 Å². The first-order valence-electron chi connectivity index (χ1n) is 8.53. The summed E-state index contributed by atoms with van der Waals surface area (Å²) in [5, 5.41) is 15.0. The molecule has 0 aromatic heterocycles. The number of nitrogens with one attached hydrogen (secondary N) is 1. The predicted molar refractivity (Wildman–Crippen MR) is 108 cm³/mol. The number of nitro benzene ring substituents is 1. The van der Waals surface area contributed by atoms with Gasteiger partial charge >= 0.3 is 5.69 Å². The number of ether oxygens (including phenoxy) is 4. The number of nitrogens with zero attached hydrogens (tertiary/aromatic N) is 2. The molecule has 0 aliphatic heterocycles. The Labute approximate surface area is 173 Å². The van der Waals surface area contributed by atoms with Crippen LogP contribution in [0.4, 0.5) is 5.69 Å². The van der Waals surface area contributed by atoms with Crippen molar-refractivity contribution in [1.82, 2.24) is 4.83 Å². The lowest BCUT2D eigenvalue weighted by atomic mass is 10.2. The van der Waals surface area contributed by atoms with E-state index in [1.54, 1.807) is 13.0 Å². The minimum absolute atomic E-state index is 0.0242. The van der Waals surface area contributed by atoms with E-state index in [1.807, 2.05) is 4.83 Å². The van der Waals surface area contributed by atoms with Crippen LogP contribution in [0.3, 0.4) is 0 Å². The zero-order valence-electron chi connectivity index (χ0n) is 16.7. The minimum Gasteiger partial charge on any atom is -0.497 e. The molecule has 162 valence electrons. The Kier molecular flexibility index (Phi) is 7.42. The van der Waals surface area contributed by atoms with Gasteiger partial charge in [0.1, 0.15) is 16.4 Å². The molecule has 0 saturated heterocycles. The van der Waals surface area contributed by atoms with Crippen molar-refractivity contribution in [3.63, 3.8) is 0 Å². The van der Waals surface area contributed by atoms with Gasteiger partial charge in [-0.05, 0) is 25.1 Å². The first-order valence-corrected chi connectivity index (χ1v) is 10.0. The number of hydrogen-bond donors (Lipinski definition) is 1. The van der Waals surface area contributed by atoms with E-state index in [1.165, 1.54) is 45.6 Å². The van der Waals surface area contributed by atoms with Gasteiger partial charge in [0.2, 0.25) is 5.75 Å². The molecule has 12 heteroatoms. The highest BCUT2D eigenvalue weighted by molar-refractivity contribution is 7.89. The average Bonchev–Trinajstić information content (AvgIpc) is 2.73. The first-order chi connectivity index (χ1) is 14.3. The Bertz CT molecular complexity index is 1050. The van der Waals surface area contributed by atoms with Crippen molar-refractivity contribution in [3.8, 4) is 23.0 Å². The third kappa shape index (κ3) is 5.08. The standard InChI is InChI=1S/C18H21N3O8S/c1-5-29-18-14(21(22)23)8-12(9-16(18)28-4)11-19-20-30(24,25)17-10-13(26-2)6-7-15(17)27-3/h6-11,20H,5H2,1-4H3/b19-11+. The number of hydrogen-bond acceptors (Lipinski definition) is 9. The van der Waals surface area contributed by atoms with Crippen LogP contribution in [0.2, 0.25) is 0 Å². The molecular formula is C18H21N3O8S. The molecule has 2 aromatic rings. The van der Waals surface area contributed by atoms with E-state index in [9.17, 15) is 18.5 Å². The number of nitro groups is 1. The van der Waals surface area contributed by atoms with Crippen molar-refractivity contribution in [3.05, 3.63) is 46.0 Å². The van der Waals surface area contributed by atoms with Crippen LogP contribution in [0.15, 0.2) is 40.3 Å². The zero-order valence-corrected chi connectivity index (χ0v) is 17.6. The lowest BCUT2D eigenvalue weighted by Crippen LogP contribution is -2.19.